The lowest BCUT2D eigenvalue weighted by Gasteiger charge is -2.18. The molecule has 0 aliphatic rings. The first-order valence-corrected chi connectivity index (χ1v) is 6.50. The predicted octanol–water partition coefficient (Wildman–Crippen LogP) is 1.25. The fraction of sp³-hybridized carbons (Fsp3) is 0.385. The Balaban J connectivity index is 2.62. The first kappa shape index (κ1) is 15.7. The van der Waals surface area contributed by atoms with Crippen LogP contribution in [0.2, 0.25) is 0 Å². The Morgan fingerprint density at radius 1 is 1.42 bits per heavy atom. The van der Waals surface area contributed by atoms with Gasteiger partial charge in [0.05, 0.1) is 13.0 Å². The van der Waals surface area contributed by atoms with Gasteiger partial charge in [0.2, 0.25) is 5.91 Å². The molecule has 1 aromatic carbocycles. The third-order valence-corrected chi connectivity index (χ3v) is 3.68. The molecule has 0 fully saturated rings. The number of nitrogens with one attached hydrogen (secondary N) is 1. The lowest BCUT2D eigenvalue weighted by Crippen LogP contribution is -2.46. The van der Waals surface area contributed by atoms with Gasteiger partial charge in [-0.25, -0.2) is 4.79 Å². The molecule has 5 nitrogen and oxygen atoms in total. The van der Waals surface area contributed by atoms with Crippen LogP contribution in [-0.4, -0.2) is 34.2 Å². The molecule has 0 spiro atoms. The van der Waals surface area contributed by atoms with Crippen LogP contribution in [0.5, 0.6) is 0 Å². The first-order chi connectivity index (χ1) is 8.74. The molecular formula is C13H16BrNO4. The van der Waals surface area contributed by atoms with E-state index in [0.717, 1.165) is 22.5 Å². The van der Waals surface area contributed by atoms with Gasteiger partial charge in [-0.2, -0.15) is 0 Å². The minimum Gasteiger partial charge on any atom is -0.479 e. The van der Waals surface area contributed by atoms with Gasteiger partial charge < -0.3 is 15.5 Å². The zero-order valence-electron chi connectivity index (χ0n) is 10.7. The zero-order valence-corrected chi connectivity index (χ0v) is 12.3. The molecule has 1 rings (SSSR count). The van der Waals surface area contributed by atoms with Crippen molar-refractivity contribution in [3.8, 4) is 0 Å². The molecule has 1 unspecified atom stereocenters. The predicted molar refractivity (Wildman–Crippen MR) is 73.9 cm³/mol. The number of benzene rings is 1. The van der Waals surface area contributed by atoms with Crippen LogP contribution in [0.4, 0.5) is 0 Å². The summed E-state index contributed by atoms with van der Waals surface area (Å²) >= 11 is 3.38. The molecule has 0 radical (unpaired) electrons. The molecule has 3 N–H and O–H groups in total. The smallest absolute Gasteiger partial charge is 0.337 e. The minimum absolute atomic E-state index is 0.140. The molecule has 6 heteroatoms. The standard InChI is InChI=1S/C13H16BrNO4/c1-8-9(4-3-5-10(8)14)6-11(16)15-7-13(2,19)12(17)18/h3-5,19H,6-7H2,1-2H3,(H,15,16)(H,17,18). The van der Waals surface area contributed by atoms with E-state index >= 15 is 0 Å². The summed E-state index contributed by atoms with van der Waals surface area (Å²) in [5, 5.41) is 20.6. The molecule has 0 aliphatic heterocycles. The molecule has 0 bridgehead atoms. The average Bonchev–Trinajstić information content (AvgIpc) is 2.32. The van der Waals surface area contributed by atoms with E-state index in [2.05, 4.69) is 21.2 Å². The third-order valence-electron chi connectivity index (χ3n) is 2.82. The van der Waals surface area contributed by atoms with E-state index in [1.54, 1.807) is 0 Å². The van der Waals surface area contributed by atoms with Crippen molar-refractivity contribution in [2.75, 3.05) is 6.54 Å². The summed E-state index contributed by atoms with van der Waals surface area (Å²) in [5.41, 5.74) is -0.147. The number of halogens is 1. The molecule has 1 amide bonds. The maximum absolute atomic E-state index is 11.7. The second-order valence-corrected chi connectivity index (χ2v) is 5.41. The van der Waals surface area contributed by atoms with Crippen molar-refractivity contribution in [2.45, 2.75) is 25.9 Å². The first-order valence-electron chi connectivity index (χ1n) is 5.70. The van der Waals surface area contributed by atoms with Crippen LogP contribution >= 0.6 is 15.9 Å². The van der Waals surface area contributed by atoms with Gasteiger partial charge in [0.25, 0.3) is 0 Å². The largest absolute Gasteiger partial charge is 0.479 e. The molecule has 0 heterocycles. The van der Waals surface area contributed by atoms with Crippen LogP contribution in [0.1, 0.15) is 18.1 Å². The fourth-order valence-electron chi connectivity index (χ4n) is 1.43. The van der Waals surface area contributed by atoms with E-state index in [0.29, 0.717) is 0 Å². The summed E-state index contributed by atoms with van der Waals surface area (Å²) in [6, 6.07) is 5.54. The maximum atomic E-state index is 11.7. The molecule has 1 aromatic rings. The Labute approximate surface area is 119 Å². The number of carbonyl (C=O) groups excluding carboxylic acids is 1. The Bertz CT molecular complexity index is 499. The molecular weight excluding hydrogens is 314 g/mol. The number of hydrogen-bond donors (Lipinski definition) is 3. The number of hydrogen-bond acceptors (Lipinski definition) is 3. The minimum atomic E-state index is -1.96. The van der Waals surface area contributed by atoms with E-state index in [4.69, 9.17) is 5.11 Å². The van der Waals surface area contributed by atoms with Crippen molar-refractivity contribution >= 4 is 27.8 Å². The highest BCUT2D eigenvalue weighted by molar-refractivity contribution is 9.10. The number of aliphatic hydroxyl groups is 1. The number of aliphatic carboxylic acids is 1. The van der Waals surface area contributed by atoms with Crippen LogP contribution in [-0.2, 0) is 16.0 Å². The van der Waals surface area contributed by atoms with Crippen molar-refractivity contribution in [1.82, 2.24) is 5.32 Å². The van der Waals surface area contributed by atoms with E-state index in [1.165, 1.54) is 0 Å². The molecule has 0 saturated heterocycles. The summed E-state index contributed by atoms with van der Waals surface area (Å²) in [6.45, 7) is 2.70. The molecule has 0 saturated carbocycles. The van der Waals surface area contributed by atoms with Crippen molar-refractivity contribution in [1.29, 1.82) is 0 Å². The second-order valence-electron chi connectivity index (χ2n) is 4.56. The van der Waals surface area contributed by atoms with E-state index in [9.17, 15) is 14.7 Å². The number of carbonyl (C=O) groups is 2. The van der Waals surface area contributed by atoms with Crippen LogP contribution in [0.25, 0.3) is 0 Å². The number of rotatable bonds is 5. The van der Waals surface area contributed by atoms with Crippen LogP contribution in [0.3, 0.4) is 0 Å². The summed E-state index contributed by atoms with van der Waals surface area (Å²) in [6.07, 6.45) is 0.140. The SMILES string of the molecule is Cc1c(Br)cccc1CC(=O)NCC(C)(O)C(=O)O. The van der Waals surface area contributed by atoms with Gasteiger partial charge in [-0.1, -0.05) is 28.1 Å². The normalized spacial score (nSPS) is 13.7. The van der Waals surface area contributed by atoms with Gasteiger partial charge in [-0.15, -0.1) is 0 Å². The number of carboxylic acids is 1. The third kappa shape index (κ3) is 4.33. The highest BCUT2D eigenvalue weighted by Crippen LogP contribution is 2.19. The van der Waals surface area contributed by atoms with Gasteiger partial charge in [-0.3, -0.25) is 4.79 Å². The summed E-state index contributed by atoms with van der Waals surface area (Å²) in [5.74, 6) is -1.70. The lowest BCUT2D eigenvalue weighted by atomic mass is 10.0. The lowest BCUT2D eigenvalue weighted by molar-refractivity contribution is -0.156. The van der Waals surface area contributed by atoms with Crippen LogP contribution < -0.4 is 5.32 Å². The van der Waals surface area contributed by atoms with Gasteiger partial charge in [0.15, 0.2) is 5.60 Å². The quantitative estimate of drug-likeness (QED) is 0.758. The van der Waals surface area contributed by atoms with Gasteiger partial charge in [0, 0.05) is 4.47 Å². The van der Waals surface area contributed by atoms with Crippen molar-refractivity contribution in [2.24, 2.45) is 0 Å². The van der Waals surface area contributed by atoms with E-state index in [-0.39, 0.29) is 18.9 Å². The summed E-state index contributed by atoms with van der Waals surface area (Å²) < 4.78 is 0.912. The highest BCUT2D eigenvalue weighted by atomic mass is 79.9. The monoisotopic (exact) mass is 329 g/mol. The van der Waals surface area contributed by atoms with Crippen LogP contribution in [0, 0.1) is 6.92 Å². The van der Waals surface area contributed by atoms with Crippen molar-refractivity contribution < 1.29 is 19.8 Å². The Morgan fingerprint density at radius 2 is 2.05 bits per heavy atom. The highest BCUT2D eigenvalue weighted by Gasteiger charge is 2.30. The number of amides is 1. The van der Waals surface area contributed by atoms with Gasteiger partial charge in [0.1, 0.15) is 0 Å². The molecule has 0 aromatic heterocycles. The topological polar surface area (TPSA) is 86.6 Å². The summed E-state index contributed by atoms with van der Waals surface area (Å²) in [4.78, 5) is 22.4. The Kier molecular flexibility index (Phi) is 5.08. The van der Waals surface area contributed by atoms with Crippen molar-refractivity contribution in [3.63, 3.8) is 0 Å². The summed E-state index contributed by atoms with van der Waals surface area (Å²) in [7, 11) is 0. The Morgan fingerprint density at radius 3 is 2.63 bits per heavy atom. The zero-order chi connectivity index (χ0) is 14.6. The second kappa shape index (κ2) is 6.16. The molecule has 0 aliphatic carbocycles. The van der Waals surface area contributed by atoms with Crippen molar-refractivity contribution in [3.05, 3.63) is 33.8 Å². The molecule has 19 heavy (non-hydrogen) atoms. The average molecular weight is 330 g/mol. The molecule has 1 atom stereocenters. The Hall–Kier alpha value is -1.40. The fourth-order valence-corrected chi connectivity index (χ4v) is 1.83. The van der Waals surface area contributed by atoms with E-state index in [1.807, 2.05) is 25.1 Å². The van der Waals surface area contributed by atoms with Crippen LogP contribution in [0.15, 0.2) is 22.7 Å². The molecule has 104 valence electrons. The maximum Gasteiger partial charge on any atom is 0.337 e. The number of carboxylic acid groups (broad SMARTS) is 1. The van der Waals surface area contributed by atoms with E-state index < -0.39 is 11.6 Å². The van der Waals surface area contributed by atoms with Gasteiger partial charge >= 0.3 is 5.97 Å². The van der Waals surface area contributed by atoms with Gasteiger partial charge in [-0.05, 0) is 31.0 Å².